The Hall–Kier alpha value is -3.45. The van der Waals surface area contributed by atoms with Gasteiger partial charge in [0.05, 0.1) is 5.69 Å². The minimum atomic E-state index is 0.0155. The van der Waals surface area contributed by atoms with Crippen molar-refractivity contribution in [1.29, 1.82) is 0 Å². The van der Waals surface area contributed by atoms with Crippen LogP contribution in [-0.4, -0.2) is 57.0 Å². The Kier molecular flexibility index (Phi) is 5.03. The number of hydrogen-bond acceptors (Lipinski definition) is 5. The van der Waals surface area contributed by atoms with Crippen molar-refractivity contribution in [1.82, 2.24) is 24.9 Å². The van der Waals surface area contributed by atoms with E-state index in [4.69, 9.17) is 11.6 Å². The molecule has 0 aliphatic carbocycles. The van der Waals surface area contributed by atoms with Crippen LogP contribution in [0.4, 0.5) is 5.69 Å². The maximum atomic E-state index is 13.2. The molecule has 2 aromatic carbocycles. The van der Waals surface area contributed by atoms with Crippen LogP contribution in [0.25, 0.3) is 16.9 Å². The lowest BCUT2D eigenvalue weighted by molar-refractivity contribution is 0.0746. The molecule has 3 heterocycles. The summed E-state index contributed by atoms with van der Waals surface area (Å²) in [5, 5.41) is 9.08. The van der Waals surface area contributed by atoms with Crippen molar-refractivity contribution >= 4 is 34.4 Å². The average Bonchev–Trinajstić information content (AvgIpc) is 3.25. The van der Waals surface area contributed by atoms with Crippen LogP contribution in [-0.2, 0) is 0 Å². The first-order valence-electron chi connectivity index (χ1n) is 10.2. The predicted octanol–water partition coefficient (Wildman–Crippen LogP) is 3.74. The minimum Gasteiger partial charge on any atom is -0.368 e. The molecule has 156 valence electrons. The van der Waals surface area contributed by atoms with E-state index in [2.05, 4.69) is 27.1 Å². The van der Waals surface area contributed by atoms with Crippen molar-refractivity contribution in [3.8, 4) is 5.69 Å². The van der Waals surface area contributed by atoms with E-state index >= 15 is 0 Å². The Morgan fingerprint density at radius 1 is 1.00 bits per heavy atom. The summed E-state index contributed by atoms with van der Waals surface area (Å²) in [6.45, 7) is 4.93. The van der Waals surface area contributed by atoms with E-state index in [9.17, 15) is 4.79 Å². The van der Waals surface area contributed by atoms with Crippen LogP contribution < -0.4 is 4.90 Å². The second-order valence-corrected chi connectivity index (χ2v) is 8.04. The largest absolute Gasteiger partial charge is 0.368 e. The molecule has 0 bridgehead atoms. The molecular formula is C23H21ClN6O. The predicted molar refractivity (Wildman–Crippen MR) is 121 cm³/mol. The lowest BCUT2D eigenvalue weighted by Gasteiger charge is -2.37. The molecule has 0 unspecified atom stereocenters. The number of carbonyl (C=O) groups excluding carboxylic acids is 1. The van der Waals surface area contributed by atoms with E-state index < -0.39 is 0 Å². The number of anilines is 1. The topological polar surface area (TPSA) is 67.2 Å². The molecule has 0 N–H and O–H groups in total. The molecule has 1 amide bonds. The van der Waals surface area contributed by atoms with E-state index in [1.54, 1.807) is 10.9 Å². The third-order valence-electron chi connectivity index (χ3n) is 5.63. The highest BCUT2D eigenvalue weighted by atomic mass is 35.5. The third kappa shape index (κ3) is 3.72. The van der Waals surface area contributed by atoms with Crippen molar-refractivity contribution in [3.05, 3.63) is 76.9 Å². The smallest absolute Gasteiger partial charge is 0.254 e. The zero-order chi connectivity index (χ0) is 21.4. The van der Waals surface area contributed by atoms with Crippen LogP contribution in [0.15, 0.2) is 60.8 Å². The maximum Gasteiger partial charge on any atom is 0.254 e. The Morgan fingerprint density at radius 3 is 2.68 bits per heavy atom. The Balaban J connectivity index is 1.33. The van der Waals surface area contributed by atoms with Crippen molar-refractivity contribution in [2.75, 3.05) is 31.1 Å². The lowest BCUT2D eigenvalue weighted by atomic mass is 10.1. The molecule has 0 saturated carbocycles. The first kappa shape index (κ1) is 19.5. The standard InChI is InChI=1S/C23H21ClN6O/c1-16-7-8-18(24)15-21(16)28-10-12-29(13-11-28)23(31)17-4-2-5-19(14-17)30-22-20(26-27-30)6-3-9-25-22/h2-9,14-15H,10-13H2,1H3. The van der Waals surface area contributed by atoms with Gasteiger partial charge in [0.15, 0.2) is 5.65 Å². The van der Waals surface area contributed by atoms with Gasteiger partial charge in [-0.15, -0.1) is 5.10 Å². The Labute approximate surface area is 184 Å². The van der Waals surface area contributed by atoms with Crippen LogP contribution in [0.2, 0.25) is 5.02 Å². The number of benzene rings is 2. The number of fused-ring (bicyclic) bond motifs is 1. The molecule has 1 aliphatic rings. The van der Waals surface area contributed by atoms with Gasteiger partial charge in [-0.2, -0.15) is 4.68 Å². The van der Waals surface area contributed by atoms with Crippen LogP contribution >= 0.6 is 11.6 Å². The average molecular weight is 433 g/mol. The van der Waals surface area contributed by atoms with Gasteiger partial charge in [-0.05, 0) is 55.0 Å². The summed E-state index contributed by atoms with van der Waals surface area (Å²) in [5.74, 6) is 0.0155. The van der Waals surface area contributed by atoms with Crippen molar-refractivity contribution in [2.24, 2.45) is 0 Å². The van der Waals surface area contributed by atoms with E-state index in [1.807, 2.05) is 59.5 Å². The molecule has 1 fully saturated rings. The quantitative estimate of drug-likeness (QED) is 0.493. The normalized spacial score (nSPS) is 14.3. The summed E-state index contributed by atoms with van der Waals surface area (Å²) in [7, 11) is 0. The minimum absolute atomic E-state index is 0.0155. The van der Waals surface area contributed by atoms with Crippen LogP contribution in [0.3, 0.4) is 0 Å². The lowest BCUT2D eigenvalue weighted by Crippen LogP contribution is -2.49. The Bertz CT molecular complexity index is 1260. The number of hydrogen-bond donors (Lipinski definition) is 0. The second kappa shape index (κ2) is 8.00. The molecule has 0 atom stereocenters. The number of rotatable bonds is 3. The zero-order valence-electron chi connectivity index (χ0n) is 17.1. The summed E-state index contributed by atoms with van der Waals surface area (Å²) in [6, 6.07) is 17.1. The fraction of sp³-hybridized carbons (Fsp3) is 0.217. The highest BCUT2D eigenvalue weighted by Gasteiger charge is 2.23. The molecule has 8 heteroatoms. The number of carbonyl (C=O) groups is 1. The van der Waals surface area contributed by atoms with Crippen LogP contribution in [0.5, 0.6) is 0 Å². The van der Waals surface area contributed by atoms with E-state index in [0.29, 0.717) is 29.8 Å². The van der Waals surface area contributed by atoms with Crippen molar-refractivity contribution in [3.63, 3.8) is 0 Å². The molecule has 0 spiro atoms. The van der Waals surface area contributed by atoms with Crippen molar-refractivity contribution < 1.29 is 4.79 Å². The summed E-state index contributed by atoms with van der Waals surface area (Å²) < 4.78 is 1.66. The number of amides is 1. The van der Waals surface area contributed by atoms with Crippen molar-refractivity contribution in [2.45, 2.75) is 6.92 Å². The summed E-state index contributed by atoms with van der Waals surface area (Å²) >= 11 is 6.18. The number of aromatic nitrogens is 4. The molecule has 0 radical (unpaired) electrons. The van der Waals surface area contributed by atoms with Gasteiger partial charge in [0.25, 0.3) is 5.91 Å². The molecule has 1 aliphatic heterocycles. The molecule has 1 saturated heterocycles. The fourth-order valence-corrected chi connectivity index (χ4v) is 4.13. The highest BCUT2D eigenvalue weighted by Crippen LogP contribution is 2.26. The summed E-state index contributed by atoms with van der Waals surface area (Å²) in [4.78, 5) is 21.7. The van der Waals surface area contributed by atoms with Gasteiger partial charge < -0.3 is 9.80 Å². The second-order valence-electron chi connectivity index (χ2n) is 7.61. The SMILES string of the molecule is Cc1ccc(Cl)cc1N1CCN(C(=O)c2cccc(-n3nnc4cccnc43)c2)CC1. The van der Waals surface area contributed by atoms with E-state index in [1.165, 1.54) is 5.56 Å². The van der Waals surface area contributed by atoms with Gasteiger partial charge in [-0.1, -0.05) is 28.9 Å². The zero-order valence-corrected chi connectivity index (χ0v) is 17.8. The molecule has 5 rings (SSSR count). The first-order chi connectivity index (χ1) is 15.1. The molecule has 7 nitrogen and oxygen atoms in total. The highest BCUT2D eigenvalue weighted by molar-refractivity contribution is 6.30. The molecule has 2 aromatic heterocycles. The van der Waals surface area contributed by atoms with E-state index in [0.717, 1.165) is 29.5 Å². The van der Waals surface area contributed by atoms with Crippen LogP contribution in [0.1, 0.15) is 15.9 Å². The Morgan fingerprint density at radius 2 is 1.84 bits per heavy atom. The molecule has 4 aromatic rings. The van der Waals surface area contributed by atoms with Gasteiger partial charge in [0.1, 0.15) is 5.52 Å². The molecule has 31 heavy (non-hydrogen) atoms. The summed E-state index contributed by atoms with van der Waals surface area (Å²) in [5.41, 5.74) is 5.09. The molecular weight excluding hydrogens is 412 g/mol. The number of pyridine rings is 1. The monoisotopic (exact) mass is 432 g/mol. The van der Waals surface area contributed by atoms with Gasteiger partial charge in [0, 0.05) is 48.6 Å². The number of nitrogens with zero attached hydrogens (tertiary/aromatic N) is 6. The van der Waals surface area contributed by atoms with Gasteiger partial charge in [0.2, 0.25) is 0 Å². The maximum absolute atomic E-state index is 13.2. The van der Waals surface area contributed by atoms with E-state index in [-0.39, 0.29) is 5.91 Å². The fourth-order valence-electron chi connectivity index (χ4n) is 3.97. The number of halogens is 1. The van der Waals surface area contributed by atoms with Crippen LogP contribution in [0, 0.1) is 6.92 Å². The first-order valence-corrected chi connectivity index (χ1v) is 10.6. The third-order valence-corrected chi connectivity index (χ3v) is 5.86. The summed E-state index contributed by atoms with van der Waals surface area (Å²) in [6.07, 6.45) is 1.71. The van der Waals surface area contributed by atoms with Gasteiger partial charge in [-0.3, -0.25) is 4.79 Å². The van der Waals surface area contributed by atoms with Gasteiger partial charge >= 0.3 is 0 Å². The van der Waals surface area contributed by atoms with Gasteiger partial charge in [-0.25, -0.2) is 4.98 Å². The number of piperazine rings is 1. The number of aryl methyl sites for hydroxylation is 1.